The van der Waals surface area contributed by atoms with Crippen molar-refractivity contribution in [2.45, 2.75) is 306 Å². The Kier molecular flexibility index (Phi) is 25.4. The van der Waals surface area contributed by atoms with E-state index in [0.717, 1.165) is 77.0 Å². The molecule has 110 heavy (non-hydrogen) atoms. The third-order valence-corrected chi connectivity index (χ3v) is 29.6. The van der Waals surface area contributed by atoms with Gasteiger partial charge in [-0.15, -0.1) is 0 Å². The first-order valence-electron chi connectivity index (χ1n) is 40.1. The highest BCUT2D eigenvalue weighted by atomic mass is 32.2. The lowest BCUT2D eigenvalue weighted by molar-refractivity contribution is -0.143. The molecule has 0 aromatic heterocycles. The molecule has 8 bridgehead atoms. The Morgan fingerprint density at radius 1 is 0.455 bits per heavy atom. The first-order valence-corrected chi connectivity index (χ1v) is 44.8. The molecule has 6 saturated carbocycles. The summed E-state index contributed by atoms with van der Waals surface area (Å²) < 4.78 is 81.3. The molecule has 10 N–H and O–H groups in total. The molecule has 6 saturated heterocycles. The maximum absolute atomic E-state index is 13.8. The van der Waals surface area contributed by atoms with Crippen LogP contribution < -0.4 is 51.4 Å². The minimum atomic E-state index is -3.82. The van der Waals surface area contributed by atoms with Crippen molar-refractivity contribution >= 4 is 107 Å². The van der Waals surface area contributed by atoms with Crippen LogP contribution in [0.5, 0.6) is 0 Å². The van der Waals surface area contributed by atoms with Crippen LogP contribution in [0.25, 0.3) is 0 Å². The lowest BCUT2D eigenvalue weighted by Gasteiger charge is -2.30. The quantitative estimate of drug-likeness (QED) is 0.124. The van der Waals surface area contributed by atoms with Gasteiger partial charge in [-0.25, -0.2) is 25.3 Å². The van der Waals surface area contributed by atoms with Gasteiger partial charge in [0.25, 0.3) is 17.7 Å². The summed E-state index contributed by atoms with van der Waals surface area (Å²) >= 11 is 0. The van der Waals surface area contributed by atoms with E-state index in [-0.39, 0.29) is 142 Å². The average Bonchev–Trinajstić information content (AvgIpc) is 1.58. The van der Waals surface area contributed by atoms with Gasteiger partial charge in [-0.3, -0.25) is 76.5 Å². The molecule has 32 nitrogen and oxygen atoms in total. The maximum atomic E-state index is 13.8. The van der Waals surface area contributed by atoms with Gasteiger partial charge in [0.2, 0.25) is 89.1 Å². The van der Waals surface area contributed by atoms with Gasteiger partial charge < -0.3 is 51.9 Å². The zero-order valence-electron chi connectivity index (χ0n) is 62.7. The average molecular weight is 1590 g/mol. The Hall–Kier alpha value is -7.82. The largest absolute Gasteiger partial charge is 0.351 e. The van der Waals surface area contributed by atoms with E-state index >= 15 is 0 Å². The van der Waals surface area contributed by atoms with Crippen molar-refractivity contribution in [3.05, 3.63) is 36.5 Å². The Bertz CT molecular complexity index is 4070. The fourth-order valence-electron chi connectivity index (χ4n) is 17.0. The van der Waals surface area contributed by atoms with E-state index in [1.54, 1.807) is 24.0 Å². The molecule has 8 heterocycles. The van der Waals surface area contributed by atoms with E-state index < -0.39 is 128 Å². The minimum absolute atomic E-state index is 0.0612. The SMILES string of the molecule is C/C=C\C1CC1(NC(=O)C1CC2CN1C(=O)CCCCCC(=O)N2)C(=O)NS(=O)(=O)C1CC1.O=C1CCCCC(=O)NC2CCCCC/C=C\C3CC3(C(=O)NS(=O)(=O)C3CC3)NC(=O)C3CC(CN3C2=O)N1.O=C1CCCCC2CCCCC/C=C\C3CC3(C(=O)NS(=O)(=O)C3CC3)NC(=O)C3CC(CN3C2=O)N1. The van der Waals surface area contributed by atoms with Crippen LogP contribution in [0.15, 0.2) is 36.5 Å². The lowest BCUT2D eigenvalue weighted by Crippen LogP contribution is -2.58. The zero-order chi connectivity index (χ0) is 78.5. The standard InChI is InChI=1S/C27H39N5O7S.C26H38N4O6S.C22H32N4O6S/c33-22-10-6-7-11-23(34)29-20-9-5-3-1-2-4-8-17-15-27(17,26(37)31-40(38,39)19-12-13-19)30-24(35)21-14-18(28-22)16-32(21)25(20)36;31-22-11-7-6-9-17-8-4-2-1-3-5-10-18-15-26(18,25(34)29-37(35,36)20-12-13-20)28-23(32)21-14-19(27-22)16-30(21)24(17)33;1-2-6-14-12-22(14,21(30)25-33(31,32)16-9-10-16)24-20(29)17-11-15-13-26(17)19(28)8-5-3-4-7-18(27)23-15/h4,8,17-21H,1-3,5-7,9-16H2,(H,28,33)(H,29,34)(H,30,35)(H,31,37);5,10,17-21H,1-4,6-9,11-16H2,(H,27,31)(H,28,32)(H,29,34);2,6,14-17H,3-5,7-13H2,1H3,(H,23,27)(H,24,29)(H,25,30)/b8-4-;10-5-;6-2-. The zero-order valence-corrected chi connectivity index (χ0v) is 65.2. The first kappa shape index (κ1) is 81.7. The second kappa shape index (κ2) is 34.3. The molecule has 0 aromatic carbocycles. The van der Waals surface area contributed by atoms with Gasteiger partial charge in [0.15, 0.2) is 0 Å². The summed E-state index contributed by atoms with van der Waals surface area (Å²) in [5.74, 6) is -6.18. The summed E-state index contributed by atoms with van der Waals surface area (Å²) in [7, 11) is -11.4. The fraction of sp³-hybridized carbons (Fsp3) is 0.747. The van der Waals surface area contributed by atoms with Crippen LogP contribution in [-0.2, 0) is 92.4 Å². The van der Waals surface area contributed by atoms with Gasteiger partial charge >= 0.3 is 0 Å². The van der Waals surface area contributed by atoms with Crippen LogP contribution >= 0.6 is 0 Å². The molecule has 0 spiro atoms. The molecule has 0 radical (unpaired) electrons. The number of hydrogen-bond acceptors (Lipinski definition) is 19. The number of carbonyl (C=O) groups is 13. The number of rotatable bonds is 12. The number of nitrogens with one attached hydrogen (secondary N) is 10. The van der Waals surface area contributed by atoms with Crippen molar-refractivity contribution in [3.63, 3.8) is 0 Å². The molecule has 6 aliphatic carbocycles. The number of hydrogen-bond donors (Lipinski definition) is 10. The third kappa shape index (κ3) is 19.8. The Labute approximate surface area is 643 Å². The Morgan fingerprint density at radius 2 is 0.864 bits per heavy atom. The topological polar surface area (TPSA) is 454 Å². The summed E-state index contributed by atoms with van der Waals surface area (Å²) in [6.45, 7) is 2.40. The highest BCUT2D eigenvalue weighted by Gasteiger charge is 2.65. The van der Waals surface area contributed by atoms with Gasteiger partial charge in [-0.1, -0.05) is 75.0 Å². The molecule has 13 amide bonds. The van der Waals surface area contributed by atoms with E-state index in [4.69, 9.17) is 0 Å². The van der Waals surface area contributed by atoms with Crippen LogP contribution in [0, 0.1) is 23.7 Å². The van der Waals surface area contributed by atoms with Gasteiger partial charge in [-0.2, -0.15) is 0 Å². The van der Waals surface area contributed by atoms with Gasteiger partial charge in [0, 0.05) is 93.5 Å². The van der Waals surface area contributed by atoms with Crippen LogP contribution in [-0.4, -0.2) is 211 Å². The highest BCUT2D eigenvalue weighted by Crippen LogP contribution is 2.49. The maximum Gasteiger partial charge on any atom is 0.259 e. The molecule has 35 heteroatoms. The van der Waals surface area contributed by atoms with Gasteiger partial charge in [-0.05, 0) is 161 Å². The van der Waals surface area contributed by atoms with E-state index in [1.165, 1.54) is 9.80 Å². The predicted octanol–water partition coefficient (Wildman–Crippen LogP) is 1.50. The van der Waals surface area contributed by atoms with Crippen molar-refractivity contribution in [2.24, 2.45) is 23.7 Å². The van der Waals surface area contributed by atoms with Crippen LogP contribution in [0.4, 0.5) is 0 Å². The van der Waals surface area contributed by atoms with Gasteiger partial charge in [0.1, 0.15) is 40.8 Å². The molecule has 14 unspecified atom stereocenters. The molecule has 8 aliphatic heterocycles. The van der Waals surface area contributed by atoms with E-state index in [9.17, 15) is 87.6 Å². The molecule has 14 atom stereocenters. The van der Waals surface area contributed by atoms with Crippen LogP contribution in [0.2, 0.25) is 0 Å². The van der Waals surface area contributed by atoms with Crippen LogP contribution in [0.1, 0.15) is 232 Å². The second-order valence-electron chi connectivity index (χ2n) is 32.9. The summed E-state index contributed by atoms with van der Waals surface area (Å²) in [6.07, 6.45) is 30.9. The number of carbonyl (C=O) groups excluding carboxylic acids is 13. The van der Waals surface area contributed by atoms with E-state index in [1.807, 2.05) is 24.3 Å². The number of fused-ring (bicyclic) bond motifs is 8. The number of nitrogens with zero attached hydrogens (tertiary/aromatic N) is 3. The fourth-order valence-corrected chi connectivity index (χ4v) is 21.1. The predicted molar refractivity (Wildman–Crippen MR) is 398 cm³/mol. The van der Waals surface area contributed by atoms with Crippen molar-refractivity contribution in [3.8, 4) is 0 Å². The molecule has 12 fully saturated rings. The summed E-state index contributed by atoms with van der Waals surface area (Å²) in [5.41, 5.74) is -4.14. The second-order valence-corrected chi connectivity index (χ2v) is 38.8. The molecular weight excluding hydrogens is 1480 g/mol. The molecule has 606 valence electrons. The number of allylic oxidation sites excluding steroid dienone is 3. The number of amides is 13. The molecule has 14 aliphatic rings. The summed E-state index contributed by atoms with van der Waals surface area (Å²) in [6, 6.07) is -4.55. The van der Waals surface area contributed by atoms with Crippen LogP contribution in [0.3, 0.4) is 0 Å². The van der Waals surface area contributed by atoms with E-state index in [2.05, 4.69) is 51.4 Å². The van der Waals surface area contributed by atoms with Crippen molar-refractivity contribution in [1.29, 1.82) is 0 Å². The van der Waals surface area contributed by atoms with E-state index in [0.29, 0.717) is 103 Å². The minimum Gasteiger partial charge on any atom is -0.351 e. The monoisotopic (exact) mass is 1590 g/mol. The van der Waals surface area contributed by atoms with Gasteiger partial charge in [0.05, 0.1) is 15.7 Å². The van der Waals surface area contributed by atoms with Crippen molar-refractivity contribution < 1.29 is 87.6 Å². The van der Waals surface area contributed by atoms with Crippen molar-refractivity contribution in [2.75, 3.05) is 19.6 Å². The Morgan fingerprint density at radius 3 is 1.35 bits per heavy atom. The molecule has 0 aromatic rings. The normalized spacial score (nSPS) is 34.7. The summed E-state index contributed by atoms with van der Waals surface area (Å²) in [5, 5.41) is 18.4. The molecule has 14 rings (SSSR count). The number of sulfonamides is 3. The van der Waals surface area contributed by atoms with Crippen molar-refractivity contribution in [1.82, 2.24) is 66.1 Å². The third-order valence-electron chi connectivity index (χ3n) is 24.2. The first-order chi connectivity index (χ1) is 52.4. The Balaban J connectivity index is 0.000000154. The highest BCUT2D eigenvalue weighted by molar-refractivity contribution is 7.91. The smallest absolute Gasteiger partial charge is 0.259 e. The summed E-state index contributed by atoms with van der Waals surface area (Å²) in [4.78, 5) is 175. The molecular formula is C75H109N13O19S3. The lowest BCUT2D eigenvalue weighted by atomic mass is 9.93.